The highest BCUT2D eigenvalue weighted by molar-refractivity contribution is 9.10. The molecule has 0 aliphatic heterocycles. The summed E-state index contributed by atoms with van der Waals surface area (Å²) in [5, 5.41) is 0. The lowest BCUT2D eigenvalue weighted by Crippen LogP contribution is -2.02. The summed E-state index contributed by atoms with van der Waals surface area (Å²) in [6.45, 7) is 0. The van der Waals surface area contributed by atoms with Gasteiger partial charge in [0.2, 0.25) is 0 Å². The van der Waals surface area contributed by atoms with Crippen molar-refractivity contribution in [3.8, 4) is 0 Å². The fourth-order valence-corrected chi connectivity index (χ4v) is 1.75. The van der Waals surface area contributed by atoms with E-state index >= 15 is 0 Å². The molecule has 1 aliphatic carbocycles. The maximum absolute atomic E-state index is 5.71. The lowest BCUT2D eigenvalue weighted by molar-refractivity contribution is 0.937. The van der Waals surface area contributed by atoms with E-state index in [2.05, 4.69) is 20.9 Å². The van der Waals surface area contributed by atoms with Crippen LogP contribution in [0.4, 0.5) is 0 Å². The summed E-state index contributed by atoms with van der Waals surface area (Å²) in [5.74, 6) is 0.491. The van der Waals surface area contributed by atoms with E-state index in [-0.39, 0.29) is 0 Å². The number of pyridine rings is 1. The molecule has 11 heavy (non-hydrogen) atoms. The SMILES string of the molecule is NC1CC1c1ncccc1Br. The van der Waals surface area contributed by atoms with E-state index in [0.717, 1.165) is 16.6 Å². The van der Waals surface area contributed by atoms with Crippen LogP contribution in [-0.4, -0.2) is 11.0 Å². The minimum atomic E-state index is 0.334. The quantitative estimate of drug-likeness (QED) is 0.770. The highest BCUT2D eigenvalue weighted by atomic mass is 79.9. The van der Waals surface area contributed by atoms with E-state index in [0.29, 0.717) is 12.0 Å². The summed E-state index contributed by atoms with van der Waals surface area (Å²) < 4.78 is 1.08. The molecule has 1 aromatic heterocycles. The van der Waals surface area contributed by atoms with Gasteiger partial charge in [0.15, 0.2) is 0 Å². The van der Waals surface area contributed by atoms with Gasteiger partial charge < -0.3 is 5.73 Å². The van der Waals surface area contributed by atoms with Gasteiger partial charge in [-0.15, -0.1) is 0 Å². The maximum Gasteiger partial charge on any atom is 0.0592 e. The zero-order valence-corrected chi connectivity index (χ0v) is 7.58. The molecule has 1 saturated carbocycles. The molecule has 58 valence electrons. The monoisotopic (exact) mass is 212 g/mol. The van der Waals surface area contributed by atoms with Crippen LogP contribution in [0.1, 0.15) is 18.0 Å². The molecular weight excluding hydrogens is 204 g/mol. The summed E-state index contributed by atoms with van der Waals surface area (Å²) in [6, 6.07) is 4.26. The van der Waals surface area contributed by atoms with Crippen LogP contribution in [0.5, 0.6) is 0 Å². The molecule has 2 atom stereocenters. The Kier molecular flexibility index (Phi) is 1.69. The van der Waals surface area contributed by atoms with Crippen molar-refractivity contribution in [3.63, 3.8) is 0 Å². The number of hydrogen-bond acceptors (Lipinski definition) is 2. The molecule has 3 heteroatoms. The third-order valence-electron chi connectivity index (χ3n) is 1.98. The normalized spacial score (nSPS) is 28.5. The van der Waals surface area contributed by atoms with Crippen molar-refractivity contribution in [1.82, 2.24) is 4.98 Å². The minimum absolute atomic E-state index is 0.334. The third kappa shape index (κ3) is 1.30. The van der Waals surface area contributed by atoms with Crippen LogP contribution in [0.3, 0.4) is 0 Å². The molecule has 1 aromatic rings. The average Bonchev–Trinajstić information content (AvgIpc) is 2.68. The Balaban J connectivity index is 2.31. The number of rotatable bonds is 1. The van der Waals surface area contributed by atoms with Gasteiger partial charge in [-0.05, 0) is 34.5 Å². The topological polar surface area (TPSA) is 38.9 Å². The van der Waals surface area contributed by atoms with Gasteiger partial charge in [-0.25, -0.2) is 0 Å². The molecule has 1 aliphatic rings. The number of hydrogen-bond donors (Lipinski definition) is 1. The van der Waals surface area contributed by atoms with Crippen molar-refractivity contribution in [2.75, 3.05) is 0 Å². The van der Waals surface area contributed by atoms with Gasteiger partial charge in [0.05, 0.1) is 5.69 Å². The first-order chi connectivity index (χ1) is 5.29. The van der Waals surface area contributed by atoms with Gasteiger partial charge in [-0.2, -0.15) is 0 Å². The predicted octanol–water partition coefficient (Wildman–Crippen LogP) is 1.66. The van der Waals surface area contributed by atoms with Crippen LogP contribution in [0, 0.1) is 0 Å². The first kappa shape index (κ1) is 7.25. The number of nitrogens with zero attached hydrogens (tertiary/aromatic N) is 1. The molecular formula is C8H9BrN2. The van der Waals surface area contributed by atoms with Gasteiger partial charge in [0.25, 0.3) is 0 Å². The number of aromatic nitrogens is 1. The van der Waals surface area contributed by atoms with E-state index in [1.807, 2.05) is 18.3 Å². The molecule has 0 bridgehead atoms. The van der Waals surface area contributed by atoms with Gasteiger partial charge in [-0.1, -0.05) is 0 Å². The molecule has 0 amide bonds. The lowest BCUT2D eigenvalue weighted by Gasteiger charge is -1.98. The molecule has 2 nitrogen and oxygen atoms in total. The van der Waals surface area contributed by atoms with Crippen LogP contribution in [0.2, 0.25) is 0 Å². The Bertz CT molecular complexity index is 275. The molecule has 1 fully saturated rings. The van der Waals surface area contributed by atoms with E-state index < -0.39 is 0 Å². The summed E-state index contributed by atoms with van der Waals surface area (Å²) in [5.41, 5.74) is 6.82. The molecule has 0 radical (unpaired) electrons. The van der Waals surface area contributed by atoms with Crippen molar-refractivity contribution in [3.05, 3.63) is 28.5 Å². The van der Waals surface area contributed by atoms with Crippen LogP contribution in [-0.2, 0) is 0 Å². The predicted molar refractivity (Wildman–Crippen MR) is 47.3 cm³/mol. The standard InChI is InChI=1S/C8H9BrN2/c9-6-2-1-3-11-8(6)5-4-7(5)10/h1-3,5,7H,4,10H2. The van der Waals surface area contributed by atoms with Crippen LogP contribution in [0.15, 0.2) is 22.8 Å². The zero-order valence-electron chi connectivity index (χ0n) is 6.00. The summed E-state index contributed by atoms with van der Waals surface area (Å²) in [6.07, 6.45) is 2.89. The Morgan fingerprint density at radius 3 is 2.91 bits per heavy atom. The van der Waals surface area contributed by atoms with Crippen molar-refractivity contribution < 1.29 is 0 Å². The second-order valence-electron chi connectivity index (χ2n) is 2.88. The Labute approximate surface area is 73.9 Å². The average molecular weight is 213 g/mol. The van der Waals surface area contributed by atoms with Crippen molar-refractivity contribution in [2.45, 2.75) is 18.4 Å². The molecule has 2 N–H and O–H groups in total. The van der Waals surface area contributed by atoms with E-state index in [1.54, 1.807) is 0 Å². The van der Waals surface area contributed by atoms with Crippen molar-refractivity contribution in [1.29, 1.82) is 0 Å². The molecule has 0 aromatic carbocycles. The molecule has 1 heterocycles. The summed E-state index contributed by atoms with van der Waals surface area (Å²) in [7, 11) is 0. The first-order valence-electron chi connectivity index (χ1n) is 3.65. The second kappa shape index (κ2) is 2.57. The van der Waals surface area contributed by atoms with E-state index in [1.165, 1.54) is 0 Å². The van der Waals surface area contributed by atoms with Crippen LogP contribution < -0.4 is 5.73 Å². The Morgan fingerprint density at radius 2 is 2.36 bits per heavy atom. The van der Waals surface area contributed by atoms with Gasteiger partial charge in [0, 0.05) is 22.6 Å². The fourth-order valence-electron chi connectivity index (χ4n) is 1.20. The Morgan fingerprint density at radius 1 is 1.64 bits per heavy atom. The zero-order chi connectivity index (χ0) is 7.84. The molecule has 0 spiro atoms. The van der Waals surface area contributed by atoms with Crippen molar-refractivity contribution >= 4 is 15.9 Å². The number of halogens is 1. The maximum atomic E-state index is 5.71. The van der Waals surface area contributed by atoms with E-state index in [4.69, 9.17) is 5.73 Å². The minimum Gasteiger partial charge on any atom is -0.327 e. The Hall–Kier alpha value is -0.410. The highest BCUT2D eigenvalue weighted by Gasteiger charge is 2.37. The van der Waals surface area contributed by atoms with Gasteiger partial charge >= 0.3 is 0 Å². The summed E-state index contributed by atoms with van der Waals surface area (Å²) >= 11 is 3.45. The first-order valence-corrected chi connectivity index (χ1v) is 4.44. The fraction of sp³-hybridized carbons (Fsp3) is 0.375. The second-order valence-corrected chi connectivity index (χ2v) is 3.73. The highest BCUT2D eigenvalue weighted by Crippen LogP contribution is 2.40. The third-order valence-corrected chi connectivity index (χ3v) is 2.65. The van der Waals surface area contributed by atoms with Gasteiger partial charge in [0.1, 0.15) is 0 Å². The molecule has 2 rings (SSSR count). The van der Waals surface area contributed by atoms with Crippen LogP contribution in [0.25, 0.3) is 0 Å². The number of nitrogens with two attached hydrogens (primary N) is 1. The van der Waals surface area contributed by atoms with Gasteiger partial charge in [-0.3, -0.25) is 4.98 Å². The van der Waals surface area contributed by atoms with Crippen molar-refractivity contribution in [2.24, 2.45) is 5.73 Å². The van der Waals surface area contributed by atoms with E-state index in [9.17, 15) is 0 Å². The summed E-state index contributed by atoms with van der Waals surface area (Å²) in [4.78, 5) is 4.26. The molecule has 0 saturated heterocycles. The lowest BCUT2D eigenvalue weighted by atomic mass is 10.2. The largest absolute Gasteiger partial charge is 0.327 e. The molecule has 2 unspecified atom stereocenters. The van der Waals surface area contributed by atoms with Crippen LogP contribution >= 0.6 is 15.9 Å². The smallest absolute Gasteiger partial charge is 0.0592 e.